The molecule has 270 valence electrons. The Hall–Kier alpha value is -5.50. The highest BCUT2D eigenvalue weighted by Crippen LogP contribution is 2.55. The number of hydrogen-bond acceptors (Lipinski definition) is 8. The van der Waals surface area contributed by atoms with Crippen molar-refractivity contribution in [1.29, 1.82) is 5.26 Å². The van der Waals surface area contributed by atoms with Crippen LogP contribution in [0.4, 0.5) is 21.5 Å². The van der Waals surface area contributed by atoms with Gasteiger partial charge in [-0.1, -0.05) is 29.4 Å². The number of benzene rings is 3. The zero-order valence-electron chi connectivity index (χ0n) is 30.2. The number of anilines is 3. The van der Waals surface area contributed by atoms with Crippen LogP contribution in [0.25, 0.3) is 11.1 Å². The van der Waals surface area contributed by atoms with Crippen molar-refractivity contribution >= 4 is 34.8 Å². The Kier molecular flexibility index (Phi) is 7.56. The fourth-order valence-corrected chi connectivity index (χ4v) is 9.40. The molecule has 0 bridgehead atoms. The number of aryl methyl sites for hydroxylation is 3. The van der Waals surface area contributed by atoms with Gasteiger partial charge < -0.3 is 19.2 Å². The van der Waals surface area contributed by atoms with Crippen molar-refractivity contribution in [3.8, 4) is 17.2 Å². The van der Waals surface area contributed by atoms with Crippen LogP contribution < -0.4 is 15.1 Å². The third-order valence-corrected chi connectivity index (χ3v) is 12.4. The van der Waals surface area contributed by atoms with Gasteiger partial charge >= 0.3 is 0 Å². The molecule has 2 saturated heterocycles. The normalized spacial score (nSPS) is 21.2. The van der Waals surface area contributed by atoms with Gasteiger partial charge in [-0.2, -0.15) is 5.26 Å². The molecule has 5 aliphatic rings. The maximum Gasteiger partial charge on any atom is 0.255 e. The summed E-state index contributed by atoms with van der Waals surface area (Å²) in [5.74, 6) is -0.267. The average molecular weight is 713 g/mol. The lowest BCUT2D eigenvalue weighted by molar-refractivity contribution is -0.136. The van der Waals surface area contributed by atoms with Crippen LogP contribution in [0.1, 0.15) is 77.0 Å². The Labute approximate surface area is 307 Å². The van der Waals surface area contributed by atoms with Crippen LogP contribution in [-0.2, 0) is 21.5 Å². The smallest absolute Gasteiger partial charge is 0.255 e. The van der Waals surface area contributed by atoms with Crippen molar-refractivity contribution in [2.45, 2.75) is 77.3 Å². The SMILES string of the molecule is Cc1ccc(-c2c(C)noc2C)cc1N(CC1CC2(C1)CN(c1cc3c(cc1F)CN(C1CCC(=O)NC1=O)C3=O)C2)c1ccc(C2(C#N)CC2)cc1. The summed E-state index contributed by atoms with van der Waals surface area (Å²) in [6.45, 7) is 8.44. The van der Waals surface area contributed by atoms with E-state index in [1.54, 1.807) is 6.07 Å². The molecule has 4 aromatic rings. The topological polar surface area (TPSA) is 123 Å². The summed E-state index contributed by atoms with van der Waals surface area (Å²) in [6, 6.07) is 19.9. The Morgan fingerprint density at radius 1 is 1.04 bits per heavy atom. The van der Waals surface area contributed by atoms with E-state index in [0.29, 0.717) is 22.7 Å². The summed E-state index contributed by atoms with van der Waals surface area (Å²) in [6.07, 6.45) is 4.26. The summed E-state index contributed by atoms with van der Waals surface area (Å²) in [7, 11) is 0. The van der Waals surface area contributed by atoms with E-state index < -0.39 is 11.9 Å². The lowest BCUT2D eigenvalue weighted by atomic mass is 9.57. The molecule has 1 atom stereocenters. The zero-order chi connectivity index (χ0) is 36.8. The molecule has 1 N–H and O–H groups in total. The quantitative estimate of drug-likeness (QED) is 0.199. The van der Waals surface area contributed by atoms with Crippen molar-refractivity contribution < 1.29 is 23.3 Å². The number of hydrogen-bond donors (Lipinski definition) is 1. The molecule has 1 unspecified atom stereocenters. The molecule has 3 aromatic carbocycles. The van der Waals surface area contributed by atoms with Gasteiger partial charge in [0, 0.05) is 60.5 Å². The number of carbonyl (C=O) groups is 3. The summed E-state index contributed by atoms with van der Waals surface area (Å²) in [5, 5.41) is 16.3. The predicted octanol–water partition coefficient (Wildman–Crippen LogP) is 6.78. The van der Waals surface area contributed by atoms with Gasteiger partial charge in [-0.05, 0) is 111 Å². The first-order chi connectivity index (χ1) is 25.5. The second-order valence-electron chi connectivity index (χ2n) is 16.0. The molecule has 1 spiro atoms. The first-order valence-electron chi connectivity index (χ1n) is 18.5. The summed E-state index contributed by atoms with van der Waals surface area (Å²) >= 11 is 0. The number of fused-ring (bicyclic) bond motifs is 1. The number of aromatic nitrogens is 1. The average Bonchev–Trinajstić information content (AvgIpc) is 3.76. The molecule has 4 fully saturated rings. The van der Waals surface area contributed by atoms with Gasteiger partial charge in [0.15, 0.2) is 0 Å². The molecule has 11 heteroatoms. The highest BCUT2D eigenvalue weighted by molar-refractivity contribution is 6.05. The van der Waals surface area contributed by atoms with Gasteiger partial charge in [-0.3, -0.25) is 19.7 Å². The van der Waals surface area contributed by atoms with Crippen LogP contribution in [0.15, 0.2) is 59.1 Å². The number of carbonyl (C=O) groups excluding carboxylic acids is 3. The molecule has 2 aliphatic carbocycles. The third-order valence-electron chi connectivity index (χ3n) is 12.4. The lowest BCUT2D eigenvalue weighted by Gasteiger charge is -2.60. The van der Waals surface area contributed by atoms with Gasteiger partial charge in [0.2, 0.25) is 11.8 Å². The van der Waals surface area contributed by atoms with Crippen LogP contribution in [0.2, 0.25) is 0 Å². The molecular formula is C42H41FN6O4. The molecule has 10 nitrogen and oxygen atoms in total. The minimum atomic E-state index is -0.731. The third kappa shape index (κ3) is 5.49. The number of imide groups is 1. The largest absolute Gasteiger partial charge is 0.368 e. The molecule has 0 radical (unpaired) electrons. The summed E-state index contributed by atoms with van der Waals surface area (Å²) in [4.78, 5) is 43.5. The highest BCUT2D eigenvalue weighted by Gasteiger charge is 2.53. The second-order valence-corrected chi connectivity index (χ2v) is 16.0. The fourth-order valence-electron chi connectivity index (χ4n) is 9.40. The summed E-state index contributed by atoms with van der Waals surface area (Å²) in [5.41, 5.74) is 8.50. The van der Waals surface area contributed by atoms with E-state index in [4.69, 9.17) is 4.52 Å². The molecule has 4 heterocycles. The van der Waals surface area contributed by atoms with Crippen LogP contribution in [-0.4, -0.2) is 53.5 Å². The first kappa shape index (κ1) is 33.3. The van der Waals surface area contributed by atoms with Crippen LogP contribution in [0, 0.1) is 49.3 Å². The molecule has 1 aromatic heterocycles. The number of nitrogens with one attached hydrogen (secondary N) is 1. The molecular weight excluding hydrogens is 671 g/mol. The van der Waals surface area contributed by atoms with E-state index >= 15 is 4.39 Å². The van der Waals surface area contributed by atoms with Gasteiger partial charge in [-0.25, -0.2) is 4.39 Å². The zero-order valence-corrected chi connectivity index (χ0v) is 30.2. The maximum absolute atomic E-state index is 15.6. The van der Waals surface area contributed by atoms with Crippen LogP contribution >= 0.6 is 0 Å². The molecule has 2 saturated carbocycles. The Balaban J connectivity index is 0.921. The van der Waals surface area contributed by atoms with Gasteiger partial charge in [0.25, 0.3) is 5.91 Å². The van der Waals surface area contributed by atoms with Crippen molar-refractivity contribution in [3.05, 3.63) is 94.1 Å². The van der Waals surface area contributed by atoms with Gasteiger partial charge in [0.05, 0.1) is 22.9 Å². The molecule has 3 amide bonds. The summed E-state index contributed by atoms with van der Waals surface area (Å²) < 4.78 is 21.1. The van der Waals surface area contributed by atoms with E-state index in [9.17, 15) is 19.6 Å². The number of piperidine rings is 1. The van der Waals surface area contributed by atoms with Crippen molar-refractivity contribution in [2.24, 2.45) is 11.3 Å². The fraction of sp³-hybridized carbons (Fsp3) is 0.405. The maximum atomic E-state index is 15.6. The van der Waals surface area contributed by atoms with E-state index in [1.807, 2.05) is 18.7 Å². The lowest BCUT2D eigenvalue weighted by Crippen LogP contribution is -2.63. The Morgan fingerprint density at radius 3 is 2.45 bits per heavy atom. The Bertz CT molecular complexity index is 2220. The number of nitrogens with zero attached hydrogens (tertiary/aromatic N) is 5. The van der Waals surface area contributed by atoms with E-state index in [1.165, 1.54) is 11.0 Å². The highest BCUT2D eigenvalue weighted by atomic mass is 19.1. The van der Waals surface area contributed by atoms with Crippen molar-refractivity contribution in [3.63, 3.8) is 0 Å². The van der Waals surface area contributed by atoms with E-state index in [0.717, 1.165) is 90.4 Å². The van der Waals surface area contributed by atoms with E-state index in [2.05, 4.69) is 70.8 Å². The minimum absolute atomic E-state index is 0.0904. The molecule has 3 aliphatic heterocycles. The van der Waals surface area contributed by atoms with Crippen molar-refractivity contribution in [2.75, 3.05) is 29.4 Å². The molecule has 9 rings (SSSR count). The monoisotopic (exact) mass is 712 g/mol. The number of amides is 3. The Morgan fingerprint density at radius 2 is 1.79 bits per heavy atom. The second kappa shape index (κ2) is 12.0. The standard InChI is InChI=1S/C42H41FN6O4/c1-24-4-5-28(38-25(2)46-53-26(38)3)15-35(24)48(31-8-6-30(7-9-31)42(21-44)12-13-42)19-27-17-41(18-27)22-47(23-41)36-16-32-29(14-33(36)43)20-49(40(32)52)34-10-11-37(50)45-39(34)51/h4-9,14-16,27,34H,10-13,17-20,22-23H2,1-3H3,(H,45,50,51). The number of nitriles is 1. The molecule has 53 heavy (non-hydrogen) atoms. The first-order valence-corrected chi connectivity index (χ1v) is 18.5. The van der Waals surface area contributed by atoms with Crippen LogP contribution in [0.3, 0.4) is 0 Å². The van der Waals surface area contributed by atoms with Gasteiger partial charge in [-0.15, -0.1) is 0 Å². The van der Waals surface area contributed by atoms with Crippen molar-refractivity contribution in [1.82, 2.24) is 15.4 Å². The van der Waals surface area contributed by atoms with Crippen LogP contribution in [0.5, 0.6) is 0 Å². The van der Waals surface area contributed by atoms with E-state index in [-0.39, 0.29) is 47.8 Å². The number of rotatable bonds is 8. The van der Waals surface area contributed by atoms with Gasteiger partial charge in [0.1, 0.15) is 17.6 Å². The minimum Gasteiger partial charge on any atom is -0.368 e. The number of halogens is 1. The predicted molar refractivity (Wildman–Crippen MR) is 196 cm³/mol.